The number of rotatable bonds is 6. The van der Waals surface area contributed by atoms with Crippen LogP contribution in [0.4, 0.5) is 17.6 Å². The Morgan fingerprint density at radius 1 is 1.24 bits per heavy atom. The number of hydrogen-bond acceptors (Lipinski definition) is 2. The van der Waals surface area contributed by atoms with E-state index in [0.29, 0.717) is 12.6 Å². The summed E-state index contributed by atoms with van der Waals surface area (Å²) in [5.74, 6) is -0.895. The van der Waals surface area contributed by atoms with E-state index in [4.69, 9.17) is 5.73 Å². The van der Waals surface area contributed by atoms with Gasteiger partial charge < -0.3 is 5.73 Å². The maximum Gasteiger partial charge on any atom is 0.416 e. The SMILES string of the molecule is CCC(C)N(CC)C(CN)c1ccc(F)cc1C(F)(F)F. The first kappa shape index (κ1) is 17.9. The molecule has 1 rings (SSSR count). The van der Waals surface area contributed by atoms with Crippen molar-refractivity contribution in [3.05, 3.63) is 35.1 Å². The van der Waals surface area contributed by atoms with Gasteiger partial charge in [-0.05, 0) is 37.6 Å². The predicted octanol–water partition coefficient (Wildman–Crippen LogP) is 3.96. The molecule has 0 aliphatic rings. The highest BCUT2D eigenvalue weighted by Gasteiger charge is 2.37. The second kappa shape index (κ2) is 7.22. The monoisotopic (exact) mass is 306 g/mol. The van der Waals surface area contributed by atoms with Crippen LogP contribution in [-0.2, 0) is 6.18 Å². The minimum atomic E-state index is -4.60. The van der Waals surface area contributed by atoms with Crippen molar-refractivity contribution in [2.75, 3.05) is 13.1 Å². The van der Waals surface area contributed by atoms with Gasteiger partial charge in [0.05, 0.1) is 5.56 Å². The summed E-state index contributed by atoms with van der Waals surface area (Å²) >= 11 is 0. The van der Waals surface area contributed by atoms with Crippen molar-refractivity contribution in [1.82, 2.24) is 4.90 Å². The molecule has 0 amide bonds. The van der Waals surface area contributed by atoms with E-state index in [2.05, 4.69) is 0 Å². The van der Waals surface area contributed by atoms with Gasteiger partial charge in [-0.3, -0.25) is 4.90 Å². The first-order valence-corrected chi connectivity index (χ1v) is 7.08. The summed E-state index contributed by atoms with van der Waals surface area (Å²) in [7, 11) is 0. The summed E-state index contributed by atoms with van der Waals surface area (Å²) in [5, 5.41) is 0. The van der Waals surface area contributed by atoms with Gasteiger partial charge in [0.1, 0.15) is 5.82 Å². The van der Waals surface area contributed by atoms with E-state index in [9.17, 15) is 17.6 Å². The average Bonchev–Trinajstić information content (AvgIpc) is 2.43. The summed E-state index contributed by atoms with van der Waals surface area (Å²) < 4.78 is 52.7. The molecule has 0 fully saturated rings. The van der Waals surface area contributed by atoms with Crippen molar-refractivity contribution >= 4 is 0 Å². The van der Waals surface area contributed by atoms with Crippen LogP contribution in [0.25, 0.3) is 0 Å². The van der Waals surface area contributed by atoms with Crippen LogP contribution in [0.1, 0.15) is 44.4 Å². The summed E-state index contributed by atoms with van der Waals surface area (Å²) in [6.45, 7) is 6.42. The molecule has 0 bridgehead atoms. The molecule has 0 heterocycles. The molecule has 0 spiro atoms. The van der Waals surface area contributed by atoms with Crippen LogP contribution in [0, 0.1) is 5.82 Å². The van der Waals surface area contributed by atoms with E-state index in [0.717, 1.165) is 12.5 Å². The number of nitrogens with zero attached hydrogens (tertiary/aromatic N) is 1. The Kier molecular flexibility index (Phi) is 6.16. The molecule has 21 heavy (non-hydrogen) atoms. The predicted molar refractivity (Wildman–Crippen MR) is 75.3 cm³/mol. The molecule has 2 unspecified atom stereocenters. The molecule has 0 aliphatic heterocycles. The molecular weight excluding hydrogens is 284 g/mol. The Labute approximate surface area is 122 Å². The number of benzene rings is 1. The molecule has 0 saturated carbocycles. The van der Waals surface area contributed by atoms with Gasteiger partial charge in [0, 0.05) is 18.6 Å². The molecule has 120 valence electrons. The quantitative estimate of drug-likeness (QED) is 0.806. The lowest BCUT2D eigenvalue weighted by molar-refractivity contribution is -0.139. The van der Waals surface area contributed by atoms with Crippen molar-refractivity contribution in [2.24, 2.45) is 5.73 Å². The van der Waals surface area contributed by atoms with Gasteiger partial charge in [-0.25, -0.2) is 4.39 Å². The largest absolute Gasteiger partial charge is 0.416 e. The topological polar surface area (TPSA) is 29.3 Å². The normalized spacial score (nSPS) is 15.3. The van der Waals surface area contributed by atoms with Gasteiger partial charge in [0.15, 0.2) is 0 Å². The zero-order valence-corrected chi connectivity index (χ0v) is 12.5. The van der Waals surface area contributed by atoms with Crippen molar-refractivity contribution in [3.8, 4) is 0 Å². The van der Waals surface area contributed by atoms with Crippen molar-refractivity contribution in [1.29, 1.82) is 0 Å². The number of hydrogen-bond donors (Lipinski definition) is 1. The van der Waals surface area contributed by atoms with Gasteiger partial charge in [-0.15, -0.1) is 0 Å². The lowest BCUT2D eigenvalue weighted by Crippen LogP contribution is -2.40. The van der Waals surface area contributed by atoms with Crippen LogP contribution in [0.15, 0.2) is 18.2 Å². The van der Waals surface area contributed by atoms with E-state index < -0.39 is 23.6 Å². The van der Waals surface area contributed by atoms with Gasteiger partial charge in [0.2, 0.25) is 0 Å². The summed E-state index contributed by atoms with van der Waals surface area (Å²) in [5.41, 5.74) is 4.81. The zero-order valence-electron chi connectivity index (χ0n) is 12.5. The Balaban J connectivity index is 3.34. The molecule has 2 atom stereocenters. The lowest BCUT2D eigenvalue weighted by Gasteiger charge is -2.36. The minimum Gasteiger partial charge on any atom is -0.329 e. The number of likely N-dealkylation sites (N-methyl/N-ethyl adjacent to an activating group) is 1. The van der Waals surface area contributed by atoms with E-state index in [1.54, 1.807) is 0 Å². The van der Waals surface area contributed by atoms with Crippen LogP contribution in [0.5, 0.6) is 0 Å². The molecule has 0 saturated heterocycles. The van der Waals surface area contributed by atoms with Gasteiger partial charge >= 0.3 is 6.18 Å². The molecule has 2 N–H and O–H groups in total. The molecule has 0 aliphatic carbocycles. The Hall–Kier alpha value is -1.14. The lowest BCUT2D eigenvalue weighted by atomic mass is 9.96. The highest BCUT2D eigenvalue weighted by atomic mass is 19.4. The van der Waals surface area contributed by atoms with E-state index >= 15 is 0 Å². The highest BCUT2D eigenvalue weighted by Crippen LogP contribution is 2.37. The summed E-state index contributed by atoms with van der Waals surface area (Å²) in [4.78, 5) is 1.92. The van der Waals surface area contributed by atoms with Gasteiger partial charge in [-0.2, -0.15) is 13.2 Å². The van der Waals surface area contributed by atoms with Gasteiger partial charge in [-0.1, -0.05) is 19.9 Å². The van der Waals surface area contributed by atoms with Crippen LogP contribution in [0.3, 0.4) is 0 Å². The third-order valence-corrected chi connectivity index (χ3v) is 3.83. The summed E-state index contributed by atoms with van der Waals surface area (Å²) in [6.07, 6.45) is -3.80. The Morgan fingerprint density at radius 3 is 2.29 bits per heavy atom. The third-order valence-electron chi connectivity index (χ3n) is 3.83. The van der Waals surface area contributed by atoms with Crippen LogP contribution in [0.2, 0.25) is 0 Å². The molecule has 0 radical (unpaired) electrons. The second-order valence-corrected chi connectivity index (χ2v) is 5.07. The third kappa shape index (κ3) is 4.17. The van der Waals surface area contributed by atoms with E-state index in [-0.39, 0.29) is 18.2 Å². The Bertz CT molecular complexity index is 459. The first-order chi connectivity index (χ1) is 9.76. The van der Waals surface area contributed by atoms with Crippen molar-refractivity contribution < 1.29 is 17.6 Å². The zero-order chi connectivity index (χ0) is 16.2. The minimum absolute atomic E-state index is 0.0357. The molecular formula is C15H22F4N2. The molecule has 1 aromatic rings. The molecule has 6 heteroatoms. The highest BCUT2D eigenvalue weighted by molar-refractivity contribution is 5.33. The number of halogens is 4. The maximum atomic E-state index is 13.2. The van der Waals surface area contributed by atoms with E-state index in [1.165, 1.54) is 6.07 Å². The molecule has 0 aromatic heterocycles. The fraction of sp³-hybridized carbons (Fsp3) is 0.600. The Morgan fingerprint density at radius 2 is 1.86 bits per heavy atom. The maximum absolute atomic E-state index is 13.2. The van der Waals surface area contributed by atoms with Crippen LogP contribution < -0.4 is 5.73 Å². The first-order valence-electron chi connectivity index (χ1n) is 7.08. The molecule has 2 nitrogen and oxygen atoms in total. The average molecular weight is 306 g/mol. The van der Waals surface area contributed by atoms with Crippen LogP contribution >= 0.6 is 0 Å². The standard InChI is InChI=1S/C15H22F4N2/c1-4-10(3)21(5-2)14(9-20)12-7-6-11(16)8-13(12)15(17,18)19/h6-8,10,14H,4-5,9,20H2,1-3H3. The number of nitrogens with two attached hydrogens (primary N) is 1. The van der Waals surface area contributed by atoms with Gasteiger partial charge in [0.25, 0.3) is 0 Å². The van der Waals surface area contributed by atoms with Crippen molar-refractivity contribution in [3.63, 3.8) is 0 Å². The summed E-state index contributed by atoms with van der Waals surface area (Å²) in [6, 6.07) is 2.30. The van der Waals surface area contributed by atoms with E-state index in [1.807, 2.05) is 25.7 Å². The van der Waals surface area contributed by atoms with Crippen LogP contribution in [-0.4, -0.2) is 24.0 Å². The fourth-order valence-electron chi connectivity index (χ4n) is 2.58. The fourth-order valence-corrected chi connectivity index (χ4v) is 2.58. The van der Waals surface area contributed by atoms with Crippen molar-refractivity contribution in [2.45, 2.75) is 45.5 Å². The number of alkyl halides is 3. The molecule has 1 aromatic carbocycles. The smallest absolute Gasteiger partial charge is 0.329 e. The second-order valence-electron chi connectivity index (χ2n) is 5.07.